The van der Waals surface area contributed by atoms with Crippen LogP contribution in [0.25, 0.3) is 22.8 Å². The number of hydrogen-bond acceptors (Lipinski definition) is 3. The largest absolute Gasteiger partial charge is 0.322 e. The quantitative estimate of drug-likeness (QED) is 0.475. The Morgan fingerprint density at radius 3 is 2.38 bits per heavy atom. The number of amides is 1. The van der Waals surface area contributed by atoms with E-state index < -0.39 is 0 Å². The summed E-state index contributed by atoms with van der Waals surface area (Å²) in [4.78, 5) is 13.7. The maximum absolute atomic E-state index is 13.1. The molecule has 0 atom stereocenters. The predicted octanol–water partition coefficient (Wildman–Crippen LogP) is 5.17. The van der Waals surface area contributed by atoms with E-state index in [9.17, 15) is 9.18 Å². The van der Waals surface area contributed by atoms with Crippen LogP contribution in [-0.4, -0.2) is 20.9 Å². The van der Waals surface area contributed by atoms with Crippen LogP contribution in [0.3, 0.4) is 0 Å². The van der Waals surface area contributed by atoms with Crippen molar-refractivity contribution in [3.63, 3.8) is 0 Å². The number of hydrogen-bond donors (Lipinski definition) is 1. The van der Waals surface area contributed by atoms with Crippen molar-refractivity contribution in [2.75, 3.05) is 5.32 Å². The maximum Gasteiger partial charge on any atom is 0.248 e. The molecule has 0 saturated heterocycles. The highest BCUT2D eigenvalue weighted by atomic mass is 35.5. The van der Waals surface area contributed by atoms with E-state index in [1.165, 1.54) is 23.0 Å². The van der Waals surface area contributed by atoms with Gasteiger partial charge >= 0.3 is 0 Å². The zero-order chi connectivity index (χ0) is 20.4. The molecule has 1 aromatic heterocycles. The Morgan fingerprint density at radius 1 is 1.03 bits per heavy atom. The molecule has 0 radical (unpaired) electrons. The first-order valence-corrected chi connectivity index (χ1v) is 9.24. The van der Waals surface area contributed by atoms with Gasteiger partial charge in [-0.05, 0) is 72.7 Å². The molecule has 4 rings (SSSR count). The molecule has 1 amide bonds. The minimum absolute atomic E-state index is 0.256. The molecule has 7 heteroatoms. The van der Waals surface area contributed by atoms with Gasteiger partial charge in [0.1, 0.15) is 16.9 Å². The molecule has 1 heterocycles. The normalized spacial score (nSPS) is 11.3. The summed E-state index contributed by atoms with van der Waals surface area (Å²) in [6.07, 6.45) is 3.17. The average molecular weight is 407 g/mol. The highest BCUT2D eigenvalue weighted by Crippen LogP contribution is 2.22. The van der Waals surface area contributed by atoms with Crippen LogP contribution < -0.4 is 5.32 Å². The molecule has 0 aliphatic carbocycles. The maximum atomic E-state index is 13.1. The van der Waals surface area contributed by atoms with Gasteiger partial charge in [-0.25, -0.2) is 4.39 Å². The van der Waals surface area contributed by atoms with E-state index in [0.717, 1.165) is 11.1 Å². The van der Waals surface area contributed by atoms with Gasteiger partial charge < -0.3 is 5.32 Å². The summed E-state index contributed by atoms with van der Waals surface area (Å²) in [5.74, 6) is -0.578. The Balaban J connectivity index is 1.55. The molecule has 0 unspecified atom stereocenters. The van der Waals surface area contributed by atoms with E-state index in [-0.39, 0.29) is 11.7 Å². The number of fused-ring (bicyclic) bond motifs is 1. The first kappa shape index (κ1) is 18.8. The lowest BCUT2D eigenvalue weighted by Crippen LogP contribution is -2.08. The fourth-order valence-corrected chi connectivity index (χ4v) is 2.94. The van der Waals surface area contributed by atoms with Crippen LogP contribution in [0.4, 0.5) is 10.1 Å². The summed E-state index contributed by atoms with van der Waals surface area (Å²) in [6.45, 7) is 1.88. The minimum atomic E-state index is -0.321. The molecule has 0 bridgehead atoms. The van der Waals surface area contributed by atoms with Gasteiger partial charge in [0.15, 0.2) is 0 Å². The lowest BCUT2D eigenvalue weighted by Gasteiger charge is -2.05. The smallest absolute Gasteiger partial charge is 0.248 e. The second-order valence-electron chi connectivity index (χ2n) is 6.50. The van der Waals surface area contributed by atoms with Crippen molar-refractivity contribution >= 4 is 40.3 Å². The topological polar surface area (TPSA) is 59.8 Å². The molecule has 29 heavy (non-hydrogen) atoms. The molecule has 144 valence electrons. The van der Waals surface area contributed by atoms with E-state index in [1.807, 2.05) is 25.1 Å². The highest BCUT2D eigenvalue weighted by Gasteiger charge is 2.10. The molecular formula is C22H16ClFN4O. The number of aromatic nitrogens is 3. The lowest BCUT2D eigenvalue weighted by molar-refractivity contribution is -0.111. The molecule has 1 N–H and O–H groups in total. The van der Waals surface area contributed by atoms with E-state index >= 15 is 0 Å². The Bertz CT molecular complexity index is 1210. The summed E-state index contributed by atoms with van der Waals surface area (Å²) < 4.78 is 13.1. The number of aryl methyl sites for hydroxylation is 1. The zero-order valence-corrected chi connectivity index (χ0v) is 16.2. The molecule has 0 saturated carbocycles. The first-order valence-electron chi connectivity index (χ1n) is 8.86. The molecule has 5 nitrogen and oxygen atoms in total. The molecule has 0 spiro atoms. The van der Waals surface area contributed by atoms with Crippen molar-refractivity contribution < 1.29 is 9.18 Å². The predicted molar refractivity (Wildman–Crippen MR) is 113 cm³/mol. The van der Waals surface area contributed by atoms with Crippen LogP contribution >= 0.6 is 11.6 Å². The highest BCUT2D eigenvalue weighted by molar-refractivity contribution is 6.30. The Kier molecular flexibility index (Phi) is 5.10. The van der Waals surface area contributed by atoms with Gasteiger partial charge in [0, 0.05) is 16.8 Å². The number of carbonyl (C=O) groups excluding carboxylic acids is 1. The third kappa shape index (κ3) is 4.33. The molecule has 0 aliphatic heterocycles. The van der Waals surface area contributed by atoms with Gasteiger partial charge in [-0.2, -0.15) is 4.80 Å². The molecule has 3 aromatic carbocycles. The van der Waals surface area contributed by atoms with E-state index in [2.05, 4.69) is 15.5 Å². The van der Waals surface area contributed by atoms with Crippen molar-refractivity contribution in [2.24, 2.45) is 0 Å². The van der Waals surface area contributed by atoms with Crippen molar-refractivity contribution in [1.29, 1.82) is 0 Å². The fraction of sp³-hybridized carbons (Fsp3) is 0.0455. The summed E-state index contributed by atoms with van der Waals surface area (Å²) in [5.41, 5.74) is 4.33. The van der Waals surface area contributed by atoms with E-state index in [1.54, 1.807) is 36.4 Å². The second-order valence-corrected chi connectivity index (χ2v) is 6.93. The van der Waals surface area contributed by atoms with Crippen LogP contribution in [0, 0.1) is 12.7 Å². The molecule has 0 aliphatic rings. The van der Waals surface area contributed by atoms with Gasteiger partial charge in [0.2, 0.25) is 5.91 Å². The number of halogens is 2. The SMILES string of the molecule is Cc1cc2nn(-c3ccc(F)cc3)nc2cc1NC(=O)C=Cc1ccc(Cl)cc1. The second kappa shape index (κ2) is 7.85. The third-order valence-electron chi connectivity index (χ3n) is 4.34. The summed E-state index contributed by atoms with van der Waals surface area (Å²) in [6, 6.07) is 16.7. The number of benzene rings is 3. The van der Waals surface area contributed by atoms with E-state index in [0.29, 0.717) is 27.4 Å². The number of anilines is 1. The van der Waals surface area contributed by atoms with E-state index in [4.69, 9.17) is 11.6 Å². The van der Waals surface area contributed by atoms with Crippen molar-refractivity contribution in [3.8, 4) is 5.69 Å². The average Bonchev–Trinajstić information content (AvgIpc) is 3.11. The monoisotopic (exact) mass is 406 g/mol. The summed E-state index contributed by atoms with van der Waals surface area (Å²) >= 11 is 5.86. The zero-order valence-electron chi connectivity index (χ0n) is 15.4. The van der Waals surface area contributed by atoms with Gasteiger partial charge in [-0.1, -0.05) is 23.7 Å². The molecule has 0 fully saturated rings. The van der Waals surface area contributed by atoms with Gasteiger partial charge in [0.05, 0.1) is 5.69 Å². The Morgan fingerprint density at radius 2 is 1.69 bits per heavy atom. The standard InChI is InChI=1S/C22H16ClFN4O/c1-14-12-20-21(27-28(26-20)18-9-7-17(24)8-10-18)13-19(14)25-22(29)11-4-15-2-5-16(23)6-3-15/h2-13H,1H3,(H,25,29). The van der Waals surface area contributed by atoms with Crippen LogP contribution in [-0.2, 0) is 4.79 Å². The third-order valence-corrected chi connectivity index (χ3v) is 4.59. The lowest BCUT2D eigenvalue weighted by atomic mass is 10.1. The van der Waals surface area contributed by atoms with Crippen LogP contribution in [0.5, 0.6) is 0 Å². The number of nitrogens with one attached hydrogen (secondary N) is 1. The molecular weight excluding hydrogens is 391 g/mol. The summed E-state index contributed by atoms with van der Waals surface area (Å²) in [5, 5.41) is 12.4. The number of carbonyl (C=O) groups is 1. The van der Waals surface area contributed by atoms with Gasteiger partial charge in [-0.15, -0.1) is 10.2 Å². The molecule has 4 aromatic rings. The fourth-order valence-electron chi connectivity index (χ4n) is 2.81. The first-order chi connectivity index (χ1) is 14.0. The van der Waals surface area contributed by atoms with Crippen LogP contribution in [0.1, 0.15) is 11.1 Å². The van der Waals surface area contributed by atoms with Gasteiger partial charge in [0.25, 0.3) is 0 Å². The number of nitrogens with zero attached hydrogens (tertiary/aromatic N) is 3. The Hall–Kier alpha value is -3.51. The van der Waals surface area contributed by atoms with Crippen LogP contribution in [0.15, 0.2) is 66.7 Å². The van der Waals surface area contributed by atoms with Crippen molar-refractivity contribution in [3.05, 3.63) is 88.7 Å². The van der Waals surface area contributed by atoms with Crippen LogP contribution in [0.2, 0.25) is 5.02 Å². The van der Waals surface area contributed by atoms with Crippen molar-refractivity contribution in [2.45, 2.75) is 6.92 Å². The number of rotatable bonds is 4. The Labute approximate surface area is 171 Å². The summed E-state index contributed by atoms with van der Waals surface area (Å²) in [7, 11) is 0. The van der Waals surface area contributed by atoms with Gasteiger partial charge in [-0.3, -0.25) is 4.79 Å². The minimum Gasteiger partial charge on any atom is -0.322 e. The van der Waals surface area contributed by atoms with Crippen molar-refractivity contribution in [1.82, 2.24) is 15.0 Å².